The number of amides is 1. The van der Waals surface area contributed by atoms with Gasteiger partial charge in [0, 0.05) is 19.6 Å². The minimum absolute atomic E-state index is 0.0790. The Bertz CT molecular complexity index is 720. The van der Waals surface area contributed by atoms with Gasteiger partial charge in [-0.2, -0.15) is 0 Å². The molecule has 1 N–H and O–H groups in total. The molecule has 0 fully saturated rings. The van der Waals surface area contributed by atoms with Gasteiger partial charge in [-0.3, -0.25) is 14.2 Å². The van der Waals surface area contributed by atoms with Crippen LogP contribution in [0.15, 0.2) is 11.1 Å². The highest BCUT2D eigenvalue weighted by atomic mass is 32.1. The van der Waals surface area contributed by atoms with Crippen molar-refractivity contribution in [3.8, 4) is 0 Å². The Balaban J connectivity index is 2.56. The third-order valence-corrected chi connectivity index (χ3v) is 4.68. The van der Waals surface area contributed by atoms with Gasteiger partial charge in [-0.05, 0) is 26.3 Å². The molecule has 7 heteroatoms. The third kappa shape index (κ3) is 2.71. The lowest BCUT2D eigenvalue weighted by atomic mass is 10.2. The average molecular weight is 309 g/mol. The lowest BCUT2D eigenvalue weighted by molar-refractivity contribution is 0.0736. The van der Waals surface area contributed by atoms with Gasteiger partial charge in [-0.15, -0.1) is 11.3 Å². The Morgan fingerprint density at radius 3 is 2.76 bits per heavy atom. The lowest BCUT2D eigenvalue weighted by Gasteiger charge is -2.19. The summed E-state index contributed by atoms with van der Waals surface area (Å²) in [4.78, 5) is 31.8. The zero-order valence-corrected chi connectivity index (χ0v) is 13.2. The van der Waals surface area contributed by atoms with Crippen LogP contribution in [0.2, 0.25) is 0 Å². The summed E-state index contributed by atoms with van der Waals surface area (Å²) in [6, 6.07) is 0. The molecule has 1 amide bonds. The zero-order chi connectivity index (χ0) is 15.6. The van der Waals surface area contributed by atoms with Crippen molar-refractivity contribution in [3.05, 3.63) is 27.1 Å². The summed E-state index contributed by atoms with van der Waals surface area (Å²) in [5.41, 5.74) is 0.567. The largest absolute Gasteiger partial charge is 0.395 e. The second kappa shape index (κ2) is 6.36. The predicted molar refractivity (Wildman–Crippen MR) is 83.0 cm³/mol. The number of hydrogen-bond donors (Lipinski definition) is 1. The normalized spacial score (nSPS) is 11.0. The fourth-order valence-corrected chi connectivity index (χ4v) is 3.36. The monoisotopic (exact) mass is 309 g/mol. The molecule has 0 aliphatic heterocycles. The highest BCUT2D eigenvalue weighted by Crippen LogP contribution is 2.27. The minimum Gasteiger partial charge on any atom is -0.395 e. The summed E-state index contributed by atoms with van der Waals surface area (Å²) in [5, 5.41) is 9.55. The Morgan fingerprint density at radius 1 is 1.48 bits per heavy atom. The third-order valence-electron chi connectivity index (χ3n) is 3.49. The van der Waals surface area contributed by atoms with E-state index in [2.05, 4.69) is 4.98 Å². The maximum Gasteiger partial charge on any atom is 0.264 e. The standard InChI is InChI=1S/C14H19N3O3S/c1-4-16(6-7-18)14(20)11-9(3)10-12(21-11)15-8-17(5-2)13(10)19/h8,18H,4-7H2,1-3H3. The second-order valence-corrected chi connectivity index (χ2v) is 5.68. The molecule has 0 atom stereocenters. The van der Waals surface area contributed by atoms with Crippen LogP contribution >= 0.6 is 11.3 Å². The van der Waals surface area contributed by atoms with E-state index in [9.17, 15) is 9.59 Å². The molecule has 2 heterocycles. The number of aliphatic hydroxyl groups excluding tert-OH is 1. The fourth-order valence-electron chi connectivity index (χ4n) is 2.26. The topological polar surface area (TPSA) is 75.4 Å². The lowest BCUT2D eigenvalue weighted by Crippen LogP contribution is -2.33. The van der Waals surface area contributed by atoms with E-state index in [1.54, 1.807) is 11.8 Å². The van der Waals surface area contributed by atoms with Gasteiger partial charge in [-0.25, -0.2) is 4.98 Å². The Morgan fingerprint density at radius 2 is 2.19 bits per heavy atom. The zero-order valence-electron chi connectivity index (χ0n) is 12.4. The van der Waals surface area contributed by atoms with Crippen molar-refractivity contribution >= 4 is 27.5 Å². The van der Waals surface area contributed by atoms with Crippen molar-refractivity contribution < 1.29 is 9.90 Å². The number of hydrogen-bond acceptors (Lipinski definition) is 5. The molecule has 2 aromatic heterocycles. The SMILES string of the molecule is CCN(CCO)C(=O)c1sc2ncn(CC)c(=O)c2c1C. The number of aliphatic hydroxyl groups is 1. The van der Waals surface area contributed by atoms with E-state index in [1.807, 2.05) is 13.8 Å². The van der Waals surface area contributed by atoms with E-state index < -0.39 is 0 Å². The highest BCUT2D eigenvalue weighted by molar-refractivity contribution is 7.20. The average Bonchev–Trinajstić information content (AvgIpc) is 2.82. The molecule has 0 radical (unpaired) electrons. The van der Waals surface area contributed by atoms with E-state index >= 15 is 0 Å². The second-order valence-electron chi connectivity index (χ2n) is 4.68. The molecule has 6 nitrogen and oxygen atoms in total. The van der Waals surface area contributed by atoms with E-state index in [0.717, 1.165) is 0 Å². The van der Waals surface area contributed by atoms with Crippen molar-refractivity contribution in [3.63, 3.8) is 0 Å². The Hall–Kier alpha value is -1.73. The molecule has 0 bridgehead atoms. The number of thiophene rings is 1. The summed E-state index contributed by atoms with van der Waals surface area (Å²) in [7, 11) is 0. The van der Waals surface area contributed by atoms with Crippen LogP contribution in [0.4, 0.5) is 0 Å². The van der Waals surface area contributed by atoms with Crippen LogP contribution in [0, 0.1) is 6.92 Å². The van der Waals surface area contributed by atoms with Crippen LogP contribution in [0.3, 0.4) is 0 Å². The van der Waals surface area contributed by atoms with E-state index in [0.29, 0.717) is 33.7 Å². The molecule has 0 aliphatic rings. The van der Waals surface area contributed by atoms with Gasteiger partial charge in [0.15, 0.2) is 0 Å². The number of carbonyl (C=O) groups excluding carboxylic acids is 1. The number of aromatic nitrogens is 2. The number of carbonyl (C=O) groups is 1. The van der Waals surface area contributed by atoms with Crippen LogP contribution in [0.5, 0.6) is 0 Å². The van der Waals surface area contributed by atoms with Crippen molar-refractivity contribution in [2.75, 3.05) is 19.7 Å². The van der Waals surface area contributed by atoms with E-state index in [1.165, 1.54) is 22.2 Å². The van der Waals surface area contributed by atoms with Crippen LogP contribution in [-0.2, 0) is 6.54 Å². The molecule has 0 aromatic carbocycles. The minimum atomic E-state index is -0.158. The molecule has 0 spiro atoms. The number of fused-ring (bicyclic) bond motifs is 1. The van der Waals surface area contributed by atoms with E-state index in [4.69, 9.17) is 5.11 Å². The van der Waals surface area contributed by atoms with Gasteiger partial charge in [-0.1, -0.05) is 0 Å². The quantitative estimate of drug-likeness (QED) is 0.901. The first kappa shape index (κ1) is 15.7. The van der Waals surface area contributed by atoms with E-state index in [-0.39, 0.29) is 24.6 Å². The number of rotatable bonds is 5. The Labute approximate surface area is 126 Å². The van der Waals surface area contributed by atoms with Crippen molar-refractivity contribution in [1.29, 1.82) is 0 Å². The smallest absolute Gasteiger partial charge is 0.264 e. The number of aryl methyl sites for hydroxylation is 2. The maximum absolute atomic E-state index is 12.5. The molecule has 0 aliphatic carbocycles. The van der Waals surface area contributed by atoms with Gasteiger partial charge < -0.3 is 10.0 Å². The van der Waals surface area contributed by atoms with Crippen LogP contribution in [0.25, 0.3) is 10.2 Å². The Kier molecular flexibility index (Phi) is 4.74. The van der Waals surface area contributed by atoms with Gasteiger partial charge >= 0.3 is 0 Å². The number of likely N-dealkylation sites (N-methyl/N-ethyl adjacent to an activating group) is 1. The first-order chi connectivity index (χ1) is 10.0. The molecule has 0 saturated heterocycles. The molecular weight excluding hydrogens is 290 g/mol. The summed E-state index contributed by atoms with van der Waals surface area (Å²) >= 11 is 1.24. The van der Waals surface area contributed by atoms with Gasteiger partial charge in [0.1, 0.15) is 4.83 Å². The van der Waals surface area contributed by atoms with Gasteiger partial charge in [0.25, 0.3) is 11.5 Å². The summed E-state index contributed by atoms with van der Waals surface area (Å²) in [6.07, 6.45) is 1.51. The highest BCUT2D eigenvalue weighted by Gasteiger charge is 2.22. The van der Waals surface area contributed by atoms with Crippen molar-refractivity contribution in [2.45, 2.75) is 27.3 Å². The summed E-state index contributed by atoms with van der Waals surface area (Å²) in [5.74, 6) is -0.158. The van der Waals surface area contributed by atoms with Crippen molar-refractivity contribution in [2.24, 2.45) is 0 Å². The molecule has 2 rings (SSSR count). The van der Waals surface area contributed by atoms with Crippen LogP contribution in [-0.4, -0.2) is 45.2 Å². The maximum atomic E-state index is 12.5. The fraction of sp³-hybridized carbons (Fsp3) is 0.500. The molecule has 0 saturated carbocycles. The van der Waals surface area contributed by atoms with Crippen molar-refractivity contribution in [1.82, 2.24) is 14.5 Å². The predicted octanol–water partition coefficient (Wildman–Crippen LogP) is 1.24. The molecule has 2 aromatic rings. The number of nitrogens with zero attached hydrogens (tertiary/aromatic N) is 3. The summed E-state index contributed by atoms with van der Waals surface area (Å²) in [6.45, 7) is 6.79. The first-order valence-electron chi connectivity index (χ1n) is 6.93. The van der Waals surface area contributed by atoms with Gasteiger partial charge in [0.2, 0.25) is 0 Å². The summed E-state index contributed by atoms with van der Waals surface area (Å²) < 4.78 is 1.53. The van der Waals surface area contributed by atoms with Crippen LogP contribution < -0.4 is 5.56 Å². The van der Waals surface area contributed by atoms with Gasteiger partial charge in [0.05, 0.1) is 23.2 Å². The van der Waals surface area contributed by atoms with Crippen LogP contribution in [0.1, 0.15) is 29.1 Å². The molecule has 114 valence electrons. The molecule has 21 heavy (non-hydrogen) atoms. The molecular formula is C14H19N3O3S. The molecule has 0 unspecified atom stereocenters. The first-order valence-corrected chi connectivity index (χ1v) is 7.75.